The molecule has 1 aromatic heterocycles. The molecule has 0 bridgehead atoms. The molecule has 2 aliphatic rings. The van der Waals surface area contributed by atoms with Crippen LogP contribution in [0.3, 0.4) is 0 Å². The largest absolute Gasteiger partial charge is 0.463 e. The Morgan fingerprint density at radius 1 is 1.19 bits per heavy atom. The van der Waals surface area contributed by atoms with Gasteiger partial charge < -0.3 is 9.73 Å². The Bertz CT molecular complexity index is 440. The smallest absolute Gasteiger partial charge is 0.118 e. The molecule has 0 aromatic carbocycles. The molecule has 3 rings (SSSR count). The molecule has 2 unspecified atom stereocenters. The predicted octanol–water partition coefficient (Wildman–Crippen LogP) is 3.79. The average molecular weight is 290 g/mol. The SMILES string of the molecule is CC(C)CNCc1ccc(CN2CCC3CCCCC32)o1. The van der Waals surface area contributed by atoms with Crippen LogP contribution in [0, 0.1) is 11.8 Å². The van der Waals surface area contributed by atoms with E-state index in [4.69, 9.17) is 4.42 Å². The van der Waals surface area contributed by atoms with E-state index in [0.717, 1.165) is 43.1 Å². The van der Waals surface area contributed by atoms with Crippen molar-refractivity contribution in [3.8, 4) is 0 Å². The van der Waals surface area contributed by atoms with E-state index in [1.807, 2.05) is 0 Å². The molecular weight excluding hydrogens is 260 g/mol. The van der Waals surface area contributed by atoms with Gasteiger partial charge in [-0.25, -0.2) is 0 Å². The predicted molar refractivity (Wildman–Crippen MR) is 86.0 cm³/mol. The number of hydrogen-bond acceptors (Lipinski definition) is 3. The van der Waals surface area contributed by atoms with Crippen LogP contribution in [0.15, 0.2) is 16.5 Å². The number of rotatable bonds is 6. The van der Waals surface area contributed by atoms with Crippen molar-refractivity contribution in [1.29, 1.82) is 0 Å². The molecule has 21 heavy (non-hydrogen) atoms. The highest BCUT2D eigenvalue weighted by atomic mass is 16.3. The summed E-state index contributed by atoms with van der Waals surface area (Å²) in [5.74, 6) is 3.86. The maximum Gasteiger partial charge on any atom is 0.118 e. The van der Waals surface area contributed by atoms with Gasteiger partial charge in [-0.15, -0.1) is 0 Å². The number of nitrogens with zero attached hydrogens (tertiary/aromatic N) is 1. The molecule has 1 aliphatic carbocycles. The fourth-order valence-corrected chi connectivity index (χ4v) is 3.99. The third kappa shape index (κ3) is 3.89. The van der Waals surface area contributed by atoms with Gasteiger partial charge in [0.25, 0.3) is 0 Å². The molecular formula is C18H30N2O. The normalized spacial score (nSPS) is 26.4. The zero-order valence-electron chi connectivity index (χ0n) is 13.6. The van der Waals surface area contributed by atoms with Gasteiger partial charge in [0.05, 0.1) is 13.1 Å². The summed E-state index contributed by atoms with van der Waals surface area (Å²) >= 11 is 0. The number of likely N-dealkylation sites (tertiary alicyclic amines) is 1. The van der Waals surface area contributed by atoms with Crippen LogP contribution in [0.4, 0.5) is 0 Å². The van der Waals surface area contributed by atoms with E-state index in [1.54, 1.807) is 0 Å². The summed E-state index contributed by atoms with van der Waals surface area (Å²) in [7, 11) is 0. The van der Waals surface area contributed by atoms with E-state index in [-0.39, 0.29) is 0 Å². The van der Waals surface area contributed by atoms with E-state index >= 15 is 0 Å². The Labute approximate surface area is 129 Å². The average Bonchev–Trinajstić information content (AvgIpc) is 3.07. The molecule has 1 saturated heterocycles. The van der Waals surface area contributed by atoms with Gasteiger partial charge in [0.15, 0.2) is 0 Å². The van der Waals surface area contributed by atoms with E-state index in [0.29, 0.717) is 5.92 Å². The van der Waals surface area contributed by atoms with Crippen LogP contribution in [0.25, 0.3) is 0 Å². The van der Waals surface area contributed by atoms with Crippen LogP contribution in [0.5, 0.6) is 0 Å². The second-order valence-electron chi connectivity index (χ2n) is 7.26. The quantitative estimate of drug-likeness (QED) is 0.864. The Morgan fingerprint density at radius 3 is 2.86 bits per heavy atom. The van der Waals surface area contributed by atoms with Crippen molar-refractivity contribution in [1.82, 2.24) is 10.2 Å². The highest BCUT2D eigenvalue weighted by Gasteiger charge is 2.35. The zero-order valence-corrected chi connectivity index (χ0v) is 13.6. The lowest BCUT2D eigenvalue weighted by Crippen LogP contribution is -2.34. The number of nitrogens with one attached hydrogen (secondary N) is 1. The maximum atomic E-state index is 6.00. The Kier molecular flexibility index (Phi) is 5.02. The molecule has 1 aliphatic heterocycles. The third-order valence-corrected chi connectivity index (χ3v) is 5.05. The van der Waals surface area contributed by atoms with Crippen LogP contribution in [-0.4, -0.2) is 24.0 Å². The van der Waals surface area contributed by atoms with Gasteiger partial charge in [0, 0.05) is 6.04 Å². The number of furan rings is 1. The lowest BCUT2D eigenvalue weighted by Gasteiger charge is -2.31. The standard InChI is InChI=1S/C18H30N2O/c1-14(2)11-19-12-16-7-8-17(21-16)13-20-10-9-15-5-3-4-6-18(15)20/h7-8,14-15,18-19H,3-6,9-13H2,1-2H3. The van der Waals surface area contributed by atoms with Gasteiger partial charge in [0.2, 0.25) is 0 Å². The summed E-state index contributed by atoms with van der Waals surface area (Å²) in [6, 6.07) is 5.13. The lowest BCUT2D eigenvalue weighted by atomic mass is 9.85. The second kappa shape index (κ2) is 6.97. The molecule has 0 spiro atoms. The van der Waals surface area contributed by atoms with E-state index in [1.165, 1.54) is 38.6 Å². The van der Waals surface area contributed by atoms with Gasteiger partial charge >= 0.3 is 0 Å². The molecule has 2 fully saturated rings. The Balaban J connectivity index is 1.50. The summed E-state index contributed by atoms with van der Waals surface area (Å²) in [5, 5.41) is 3.45. The first-order valence-electron chi connectivity index (χ1n) is 8.74. The van der Waals surface area contributed by atoms with E-state index in [2.05, 4.69) is 36.2 Å². The molecule has 3 nitrogen and oxygen atoms in total. The maximum absolute atomic E-state index is 6.00. The summed E-state index contributed by atoms with van der Waals surface area (Å²) in [6.07, 6.45) is 7.10. The van der Waals surface area contributed by atoms with Crippen molar-refractivity contribution >= 4 is 0 Å². The van der Waals surface area contributed by atoms with Crippen molar-refractivity contribution in [2.24, 2.45) is 11.8 Å². The lowest BCUT2D eigenvalue weighted by molar-refractivity contribution is 0.164. The van der Waals surface area contributed by atoms with Crippen LogP contribution in [0.1, 0.15) is 57.5 Å². The van der Waals surface area contributed by atoms with Crippen LogP contribution >= 0.6 is 0 Å². The summed E-state index contributed by atoms with van der Waals surface area (Å²) in [4.78, 5) is 2.66. The van der Waals surface area contributed by atoms with Gasteiger partial charge in [-0.1, -0.05) is 26.7 Å². The van der Waals surface area contributed by atoms with Crippen molar-refractivity contribution < 1.29 is 4.42 Å². The highest BCUT2D eigenvalue weighted by molar-refractivity contribution is 5.08. The first kappa shape index (κ1) is 15.1. The minimum absolute atomic E-state index is 0.687. The summed E-state index contributed by atoms with van der Waals surface area (Å²) in [6.45, 7) is 8.63. The van der Waals surface area contributed by atoms with Crippen molar-refractivity contribution in [3.63, 3.8) is 0 Å². The molecule has 0 amide bonds. The highest BCUT2D eigenvalue weighted by Crippen LogP contribution is 2.36. The minimum Gasteiger partial charge on any atom is -0.463 e. The molecule has 2 heterocycles. The summed E-state index contributed by atoms with van der Waals surface area (Å²) in [5.41, 5.74) is 0. The van der Waals surface area contributed by atoms with Crippen molar-refractivity contribution in [2.45, 2.75) is 65.1 Å². The van der Waals surface area contributed by atoms with Gasteiger partial charge in [0.1, 0.15) is 11.5 Å². The molecule has 3 heteroatoms. The Hall–Kier alpha value is -0.800. The molecule has 118 valence electrons. The van der Waals surface area contributed by atoms with E-state index in [9.17, 15) is 0 Å². The first-order chi connectivity index (χ1) is 10.2. The second-order valence-corrected chi connectivity index (χ2v) is 7.26. The van der Waals surface area contributed by atoms with Crippen LogP contribution in [-0.2, 0) is 13.1 Å². The molecule has 1 saturated carbocycles. The van der Waals surface area contributed by atoms with Crippen LogP contribution in [0.2, 0.25) is 0 Å². The first-order valence-corrected chi connectivity index (χ1v) is 8.74. The van der Waals surface area contributed by atoms with Gasteiger partial charge in [-0.2, -0.15) is 0 Å². The minimum atomic E-state index is 0.687. The third-order valence-electron chi connectivity index (χ3n) is 5.05. The molecule has 1 aromatic rings. The topological polar surface area (TPSA) is 28.4 Å². The van der Waals surface area contributed by atoms with E-state index < -0.39 is 0 Å². The van der Waals surface area contributed by atoms with Crippen LogP contribution < -0.4 is 5.32 Å². The zero-order chi connectivity index (χ0) is 14.7. The number of fused-ring (bicyclic) bond motifs is 1. The summed E-state index contributed by atoms with van der Waals surface area (Å²) < 4.78 is 6.00. The molecule has 0 radical (unpaired) electrons. The van der Waals surface area contributed by atoms with Gasteiger partial charge in [-0.05, 0) is 56.3 Å². The fraction of sp³-hybridized carbons (Fsp3) is 0.778. The number of hydrogen-bond donors (Lipinski definition) is 1. The molecule has 2 atom stereocenters. The monoisotopic (exact) mass is 290 g/mol. The molecule has 1 N–H and O–H groups in total. The van der Waals surface area contributed by atoms with Crippen molar-refractivity contribution in [2.75, 3.05) is 13.1 Å². The van der Waals surface area contributed by atoms with Crippen molar-refractivity contribution in [3.05, 3.63) is 23.7 Å². The fourth-order valence-electron chi connectivity index (χ4n) is 3.99. The Morgan fingerprint density at radius 2 is 2.00 bits per heavy atom. The van der Waals surface area contributed by atoms with Gasteiger partial charge in [-0.3, -0.25) is 4.90 Å².